The van der Waals surface area contributed by atoms with Gasteiger partial charge in [-0.1, -0.05) is 18.2 Å². The fourth-order valence-corrected chi connectivity index (χ4v) is 3.35. The molecule has 0 N–H and O–H groups in total. The van der Waals surface area contributed by atoms with Crippen LogP contribution < -0.4 is 0 Å². The van der Waals surface area contributed by atoms with Gasteiger partial charge >= 0.3 is 0 Å². The zero-order chi connectivity index (χ0) is 15.5. The van der Waals surface area contributed by atoms with E-state index in [1.54, 1.807) is 6.20 Å². The van der Waals surface area contributed by atoms with Crippen LogP contribution in [-0.4, -0.2) is 34.9 Å². The number of hydrogen-bond acceptors (Lipinski definition) is 3. The Hall–Kier alpha value is -1.68. The molecule has 0 bridgehead atoms. The minimum Gasteiger partial charge on any atom is -0.355 e. The van der Waals surface area contributed by atoms with Crippen LogP contribution in [0.25, 0.3) is 0 Å². The third-order valence-corrected chi connectivity index (χ3v) is 4.89. The van der Waals surface area contributed by atoms with E-state index in [2.05, 4.69) is 47.1 Å². The predicted molar refractivity (Wildman–Crippen MR) is 86.3 cm³/mol. The van der Waals surface area contributed by atoms with Gasteiger partial charge in [0.2, 0.25) is 5.95 Å². The Balaban J connectivity index is 1.52. The van der Waals surface area contributed by atoms with Crippen LogP contribution in [0.2, 0.25) is 0 Å². The lowest BCUT2D eigenvalue weighted by atomic mass is 9.82. The molecule has 22 heavy (non-hydrogen) atoms. The van der Waals surface area contributed by atoms with Crippen molar-refractivity contribution in [1.29, 1.82) is 0 Å². The van der Waals surface area contributed by atoms with Crippen molar-refractivity contribution in [3.05, 3.63) is 53.9 Å². The first-order valence-corrected chi connectivity index (χ1v) is 8.04. The summed E-state index contributed by atoms with van der Waals surface area (Å²) in [6, 6.07) is 3.28. The SMILES string of the molecule is CC1=CC(C2CCN(Cc3ccc(F)nc3)CC2)C=CN1C. The molecule has 0 amide bonds. The summed E-state index contributed by atoms with van der Waals surface area (Å²) < 4.78 is 12.8. The van der Waals surface area contributed by atoms with Crippen molar-refractivity contribution in [2.45, 2.75) is 26.3 Å². The van der Waals surface area contributed by atoms with Crippen LogP contribution in [0.5, 0.6) is 0 Å². The maximum Gasteiger partial charge on any atom is 0.212 e. The molecule has 3 nitrogen and oxygen atoms in total. The standard InChI is InChI=1S/C18H24FN3/c1-14-11-17(5-8-21(14)2)16-6-9-22(10-7-16)13-15-3-4-18(19)20-12-15/h3-5,8,11-12,16-17H,6-7,9-10,13H2,1-2H3. The summed E-state index contributed by atoms with van der Waals surface area (Å²) in [5.74, 6) is 0.909. The lowest BCUT2D eigenvalue weighted by Gasteiger charge is -2.36. The Bertz CT molecular complexity index is 556. The van der Waals surface area contributed by atoms with Gasteiger partial charge in [0, 0.05) is 31.4 Å². The lowest BCUT2D eigenvalue weighted by Crippen LogP contribution is -2.35. The van der Waals surface area contributed by atoms with Crippen molar-refractivity contribution in [1.82, 2.24) is 14.8 Å². The highest BCUT2D eigenvalue weighted by molar-refractivity contribution is 5.16. The van der Waals surface area contributed by atoms with Crippen molar-refractivity contribution in [3.8, 4) is 0 Å². The van der Waals surface area contributed by atoms with Gasteiger partial charge in [0.25, 0.3) is 0 Å². The van der Waals surface area contributed by atoms with Gasteiger partial charge in [-0.3, -0.25) is 4.90 Å². The van der Waals surface area contributed by atoms with Gasteiger partial charge in [0.1, 0.15) is 0 Å². The fraction of sp³-hybridized carbons (Fsp3) is 0.500. The second-order valence-electron chi connectivity index (χ2n) is 6.44. The van der Waals surface area contributed by atoms with Crippen LogP contribution in [0, 0.1) is 17.8 Å². The molecule has 1 saturated heterocycles. The van der Waals surface area contributed by atoms with Crippen molar-refractivity contribution in [3.63, 3.8) is 0 Å². The molecule has 1 fully saturated rings. The first kappa shape index (κ1) is 15.2. The maximum absolute atomic E-state index is 12.8. The summed E-state index contributed by atoms with van der Waals surface area (Å²) in [5, 5.41) is 0. The van der Waals surface area contributed by atoms with E-state index in [0.717, 1.165) is 31.1 Å². The molecule has 0 aliphatic carbocycles. The van der Waals surface area contributed by atoms with Crippen LogP contribution in [0.1, 0.15) is 25.3 Å². The number of aromatic nitrogens is 1. The Morgan fingerprint density at radius 2 is 2.05 bits per heavy atom. The zero-order valence-corrected chi connectivity index (χ0v) is 13.4. The molecule has 0 radical (unpaired) electrons. The number of rotatable bonds is 3. The predicted octanol–water partition coefficient (Wildman–Crippen LogP) is 3.41. The highest BCUT2D eigenvalue weighted by atomic mass is 19.1. The van der Waals surface area contributed by atoms with E-state index in [0.29, 0.717) is 5.92 Å². The molecule has 4 heteroatoms. The van der Waals surface area contributed by atoms with Gasteiger partial charge in [-0.15, -0.1) is 0 Å². The number of piperidine rings is 1. The van der Waals surface area contributed by atoms with E-state index < -0.39 is 5.95 Å². The normalized spacial score (nSPS) is 23.7. The molecule has 0 spiro atoms. The average Bonchev–Trinajstić information content (AvgIpc) is 2.53. The third kappa shape index (κ3) is 3.55. The summed E-state index contributed by atoms with van der Waals surface area (Å²) in [6.45, 7) is 5.26. The van der Waals surface area contributed by atoms with Crippen LogP contribution in [0.4, 0.5) is 4.39 Å². The van der Waals surface area contributed by atoms with E-state index in [1.165, 1.54) is 24.6 Å². The van der Waals surface area contributed by atoms with Crippen LogP contribution in [-0.2, 0) is 6.54 Å². The Morgan fingerprint density at radius 3 is 2.68 bits per heavy atom. The number of pyridine rings is 1. The first-order valence-electron chi connectivity index (χ1n) is 8.04. The number of likely N-dealkylation sites (tertiary alicyclic amines) is 1. The van der Waals surface area contributed by atoms with Crippen LogP contribution in [0.3, 0.4) is 0 Å². The van der Waals surface area contributed by atoms with Crippen molar-refractivity contribution < 1.29 is 4.39 Å². The van der Waals surface area contributed by atoms with E-state index in [4.69, 9.17) is 0 Å². The van der Waals surface area contributed by atoms with E-state index in [9.17, 15) is 4.39 Å². The molecule has 0 saturated carbocycles. The van der Waals surface area contributed by atoms with Crippen LogP contribution >= 0.6 is 0 Å². The fourth-order valence-electron chi connectivity index (χ4n) is 3.35. The second-order valence-corrected chi connectivity index (χ2v) is 6.44. The first-order chi connectivity index (χ1) is 10.6. The minimum absolute atomic E-state index is 0.404. The maximum atomic E-state index is 12.8. The number of allylic oxidation sites excluding steroid dienone is 3. The molecule has 2 aliphatic heterocycles. The lowest BCUT2D eigenvalue weighted by molar-refractivity contribution is 0.163. The Kier molecular flexibility index (Phi) is 4.57. The van der Waals surface area contributed by atoms with Gasteiger partial charge in [0.05, 0.1) is 0 Å². The summed E-state index contributed by atoms with van der Waals surface area (Å²) in [4.78, 5) is 8.35. The zero-order valence-electron chi connectivity index (χ0n) is 13.4. The number of nitrogens with zero attached hydrogens (tertiary/aromatic N) is 3. The quantitative estimate of drug-likeness (QED) is 0.798. The van der Waals surface area contributed by atoms with Gasteiger partial charge in [-0.25, -0.2) is 4.98 Å². The highest BCUT2D eigenvalue weighted by Gasteiger charge is 2.25. The molecule has 3 rings (SSSR count). The van der Waals surface area contributed by atoms with Crippen molar-refractivity contribution in [2.24, 2.45) is 11.8 Å². The molecule has 1 aromatic heterocycles. The third-order valence-electron chi connectivity index (χ3n) is 4.89. The molecule has 1 unspecified atom stereocenters. The second kappa shape index (κ2) is 6.61. The van der Waals surface area contributed by atoms with Gasteiger partial charge < -0.3 is 4.90 Å². The molecule has 3 heterocycles. The Labute approximate surface area is 132 Å². The van der Waals surface area contributed by atoms with E-state index in [-0.39, 0.29) is 0 Å². The van der Waals surface area contributed by atoms with Gasteiger partial charge in [-0.2, -0.15) is 4.39 Å². The molecular weight excluding hydrogens is 277 g/mol. The van der Waals surface area contributed by atoms with Crippen molar-refractivity contribution in [2.75, 3.05) is 20.1 Å². The monoisotopic (exact) mass is 301 g/mol. The molecule has 1 atom stereocenters. The number of hydrogen-bond donors (Lipinski definition) is 0. The molecule has 2 aliphatic rings. The van der Waals surface area contributed by atoms with E-state index >= 15 is 0 Å². The highest BCUT2D eigenvalue weighted by Crippen LogP contribution is 2.30. The minimum atomic E-state index is -0.404. The largest absolute Gasteiger partial charge is 0.355 e. The topological polar surface area (TPSA) is 19.4 Å². The summed E-state index contributed by atoms with van der Waals surface area (Å²) >= 11 is 0. The van der Waals surface area contributed by atoms with Gasteiger partial charge in [0.15, 0.2) is 0 Å². The average molecular weight is 301 g/mol. The summed E-state index contributed by atoms with van der Waals surface area (Å²) in [6.07, 6.45) is 11.0. The smallest absolute Gasteiger partial charge is 0.212 e. The molecule has 0 aromatic carbocycles. The number of halogens is 1. The van der Waals surface area contributed by atoms with Crippen LogP contribution in [0.15, 0.2) is 42.4 Å². The Morgan fingerprint density at radius 1 is 1.27 bits per heavy atom. The van der Waals surface area contributed by atoms with Crippen molar-refractivity contribution >= 4 is 0 Å². The molecular formula is C18H24FN3. The summed E-state index contributed by atoms with van der Waals surface area (Å²) in [7, 11) is 2.10. The molecule has 118 valence electrons. The van der Waals surface area contributed by atoms with Gasteiger partial charge in [-0.05, 0) is 56.6 Å². The molecule has 1 aromatic rings. The van der Waals surface area contributed by atoms with E-state index in [1.807, 2.05) is 6.07 Å². The summed E-state index contributed by atoms with van der Waals surface area (Å²) in [5.41, 5.74) is 2.43.